The minimum atomic E-state index is -0.863. The van der Waals surface area contributed by atoms with Crippen molar-refractivity contribution in [2.75, 3.05) is 33.5 Å². The van der Waals surface area contributed by atoms with Crippen molar-refractivity contribution in [2.24, 2.45) is 17.8 Å². The summed E-state index contributed by atoms with van der Waals surface area (Å²) in [6, 6.07) is 0. The Kier molecular flexibility index (Phi) is 7.54. The molecule has 0 saturated heterocycles. The number of methoxy groups -OCH3 is 1. The number of hydrogen-bond acceptors (Lipinski definition) is 4. The molecule has 3 unspecified atom stereocenters. The van der Waals surface area contributed by atoms with Gasteiger partial charge in [-0.3, -0.25) is 9.59 Å². The molecule has 20 heavy (non-hydrogen) atoms. The normalized spacial score (nSPS) is 25.6. The predicted octanol–water partition coefficient (Wildman–Crippen LogP) is 0.903. The zero-order valence-electron chi connectivity index (χ0n) is 12.3. The zero-order valence-corrected chi connectivity index (χ0v) is 12.3. The van der Waals surface area contributed by atoms with Crippen LogP contribution in [-0.2, 0) is 19.1 Å². The van der Waals surface area contributed by atoms with Gasteiger partial charge in [0.15, 0.2) is 0 Å². The Morgan fingerprint density at radius 3 is 2.50 bits per heavy atom. The number of carbonyl (C=O) groups excluding carboxylic acids is 1. The molecule has 1 saturated carbocycles. The third kappa shape index (κ3) is 5.09. The molecule has 0 aliphatic heterocycles. The summed E-state index contributed by atoms with van der Waals surface area (Å²) in [6.07, 6.45) is 2.20. The highest BCUT2D eigenvalue weighted by Gasteiger charge is 2.41. The molecule has 0 radical (unpaired) electrons. The third-order valence-electron chi connectivity index (χ3n) is 3.87. The molecule has 6 heteroatoms. The van der Waals surface area contributed by atoms with E-state index in [4.69, 9.17) is 9.47 Å². The minimum absolute atomic E-state index is 0.163. The van der Waals surface area contributed by atoms with Crippen LogP contribution < -0.4 is 5.32 Å². The van der Waals surface area contributed by atoms with E-state index < -0.39 is 17.8 Å². The molecular formula is C14H25NO5. The van der Waals surface area contributed by atoms with Crippen molar-refractivity contribution in [3.8, 4) is 0 Å². The number of nitrogens with one attached hydrogen (secondary N) is 1. The van der Waals surface area contributed by atoms with Crippen LogP contribution in [0.4, 0.5) is 0 Å². The summed E-state index contributed by atoms with van der Waals surface area (Å²) in [5, 5.41) is 12.0. The van der Waals surface area contributed by atoms with Crippen LogP contribution >= 0.6 is 0 Å². The van der Waals surface area contributed by atoms with E-state index in [1.807, 2.05) is 6.92 Å². The quantitative estimate of drug-likeness (QED) is 0.616. The van der Waals surface area contributed by atoms with Crippen molar-refractivity contribution in [3.63, 3.8) is 0 Å². The van der Waals surface area contributed by atoms with E-state index in [9.17, 15) is 14.7 Å². The fourth-order valence-electron chi connectivity index (χ4n) is 2.66. The van der Waals surface area contributed by atoms with Gasteiger partial charge in [-0.25, -0.2) is 0 Å². The van der Waals surface area contributed by atoms with Crippen LogP contribution in [0.3, 0.4) is 0 Å². The molecule has 0 aromatic rings. The maximum absolute atomic E-state index is 12.1. The van der Waals surface area contributed by atoms with Gasteiger partial charge in [0, 0.05) is 13.7 Å². The number of hydrogen-bond donors (Lipinski definition) is 2. The van der Waals surface area contributed by atoms with Gasteiger partial charge < -0.3 is 19.9 Å². The number of carboxylic acid groups (broad SMARTS) is 1. The Labute approximate surface area is 119 Å². The first-order chi connectivity index (χ1) is 9.60. The lowest BCUT2D eigenvalue weighted by Gasteiger charge is -2.15. The van der Waals surface area contributed by atoms with E-state index >= 15 is 0 Å². The summed E-state index contributed by atoms with van der Waals surface area (Å²) >= 11 is 0. The molecule has 1 aliphatic carbocycles. The Balaban J connectivity index is 2.32. The molecule has 0 heterocycles. The lowest BCUT2D eigenvalue weighted by molar-refractivity contribution is -0.146. The van der Waals surface area contributed by atoms with Crippen molar-refractivity contribution in [2.45, 2.75) is 26.2 Å². The molecule has 0 aromatic carbocycles. The van der Waals surface area contributed by atoms with Gasteiger partial charge in [0.25, 0.3) is 0 Å². The monoisotopic (exact) mass is 287 g/mol. The second-order valence-corrected chi connectivity index (χ2v) is 5.19. The van der Waals surface area contributed by atoms with Crippen LogP contribution in [0.1, 0.15) is 26.2 Å². The Bertz CT molecular complexity index is 321. The van der Waals surface area contributed by atoms with Gasteiger partial charge in [-0.2, -0.15) is 0 Å². The van der Waals surface area contributed by atoms with Crippen LogP contribution in [-0.4, -0.2) is 50.5 Å². The summed E-state index contributed by atoms with van der Waals surface area (Å²) in [5.41, 5.74) is 0. The van der Waals surface area contributed by atoms with Gasteiger partial charge in [-0.05, 0) is 18.8 Å². The van der Waals surface area contributed by atoms with E-state index in [0.717, 1.165) is 6.42 Å². The Hall–Kier alpha value is -1.14. The molecule has 0 bridgehead atoms. The van der Waals surface area contributed by atoms with Gasteiger partial charge in [0.05, 0.1) is 31.7 Å². The van der Waals surface area contributed by atoms with E-state index in [1.165, 1.54) is 0 Å². The van der Waals surface area contributed by atoms with E-state index in [1.54, 1.807) is 7.11 Å². The molecule has 0 spiro atoms. The molecule has 116 valence electrons. The fraction of sp³-hybridized carbons (Fsp3) is 0.857. The maximum Gasteiger partial charge on any atom is 0.307 e. The van der Waals surface area contributed by atoms with Crippen molar-refractivity contribution in [3.05, 3.63) is 0 Å². The Morgan fingerprint density at radius 2 is 1.90 bits per heavy atom. The topological polar surface area (TPSA) is 84.9 Å². The molecule has 1 rings (SSSR count). The van der Waals surface area contributed by atoms with Gasteiger partial charge in [0.1, 0.15) is 0 Å². The van der Waals surface area contributed by atoms with E-state index in [0.29, 0.717) is 45.1 Å². The molecule has 1 fully saturated rings. The number of amides is 1. The van der Waals surface area contributed by atoms with Crippen molar-refractivity contribution in [1.82, 2.24) is 5.32 Å². The smallest absolute Gasteiger partial charge is 0.307 e. The van der Waals surface area contributed by atoms with Crippen molar-refractivity contribution in [1.29, 1.82) is 0 Å². The van der Waals surface area contributed by atoms with Crippen molar-refractivity contribution < 1.29 is 24.2 Å². The molecule has 6 nitrogen and oxygen atoms in total. The average Bonchev–Trinajstić information content (AvgIpc) is 2.87. The van der Waals surface area contributed by atoms with Crippen LogP contribution in [0.5, 0.6) is 0 Å². The van der Waals surface area contributed by atoms with Gasteiger partial charge in [0.2, 0.25) is 5.91 Å². The predicted molar refractivity (Wildman–Crippen MR) is 73.3 cm³/mol. The lowest BCUT2D eigenvalue weighted by atomic mass is 9.95. The second kappa shape index (κ2) is 8.92. The lowest BCUT2D eigenvalue weighted by Crippen LogP contribution is -2.37. The SMILES string of the molecule is CCC1CC(C(=O)O)C(C(=O)NCCOCCOC)C1. The van der Waals surface area contributed by atoms with Gasteiger partial charge in [-0.1, -0.05) is 13.3 Å². The summed E-state index contributed by atoms with van der Waals surface area (Å²) in [6.45, 7) is 3.87. The highest BCUT2D eigenvalue weighted by molar-refractivity contribution is 5.85. The highest BCUT2D eigenvalue weighted by atomic mass is 16.5. The molecule has 3 atom stereocenters. The third-order valence-corrected chi connectivity index (χ3v) is 3.87. The summed E-state index contributed by atoms with van der Waals surface area (Å²) in [5.74, 6) is -1.64. The number of carboxylic acids is 1. The first-order valence-electron chi connectivity index (χ1n) is 7.17. The molecule has 1 amide bonds. The molecular weight excluding hydrogens is 262 g/mol. The first-order valence-corrected chi connectivity index (χ1v) is 7.17. The van der Waals surface area contributed by atoms with E-state index in [-0.39, 0.29) is 5.91 Å². The summed E-state index contributed by atoms with van der Waals surface area (Å²) in [4.78, 5) is 23.3. The second-order valence-electron chi connectivity index (χ2n) is 5.19. The molecule has 1 aliphatic rings. The van der Waals surface area contributed by atoms with Crippen LogP contribution in [0.25, 0.3) is 0 Å². The molecule has 2 N–H and O–H groups in total. The van der Waals surface area contributed by atoms with Crippen LogP contribution in [0.15, 0.2) is 0 Å². The van der Waals surface area contributed by atoms with Gasteiger partial charge >= 0.3 is 5.97 Å². The highest BCUT2D eigenvalue weighted by Crippen LogP contribution is 2.38. The van der Waals surface area contributed by atoms with Gasteiger partial charge in [-0.15, -0.1) is 0 Å². The number of aliphatic carboxylic acids is 1. The van der Waals surface area contributed by atoms with Crippen LogP contribution in [0.2, 0.25) is 0 Å². The Morgan fingerprint density at radius 1 is 1.20 bits per heavy atom. The minimum Gasteiger partial charge on any atom is -0.481 e. The fourth-order valence-corrected chi connectivity index (χ4v) is 2.66. The number of rotatable bonds is 9. The average molecular weight is 287 g/mol. The first kappa shape index (κ1) is 16.9. The van der Waals surface area contributed by atoms with Crippen LogP contribution in [0, 0.1) is 17.8 Å². The van der Waals surface area contributed by atoms with Crippen molar-refractivity contribution >= 4 is 11.9 Å². The maximum atomic E-state index is 12.1. The number of carbonyl (C=O) groups is 2. The molecule has 0 aromatic heterocycles. The standard InChI is InChI=1S/C14H25NO5/c1-3-10-8-11(12(9-10)14(17)18)13(16)15-4-5-20-7-6-19-2/h10-12H,3-9H2,1-2H3,(H,15,16)(H,17,18). The largest absolute Gasteiger partial charge is 0.481 e. The summed E-state index contributed by atoms with van der Waals surface area (Å²) < 4.78 is 10.1. The summed E-state index contributed by atoms with van der Waals surface area (Å²) in [7, 11) is 1.60. The zero-order chi connectivity index (χ0) is 15.0. The van der Waals surface area contributed by atoms with E-state index in [2.05, 4.69) is 5.32 Å². The number of ether oxygens (including phenoxy) is 2.